The van der Waals surface area contributed by atoms with E-state index in [1.165, 1.54) is 21.9 Å². The molecule has 2 amide bonds. The molecule has 3 atom stereocenters. The van der Waals surface area contributed by atoms with E-state index >= 15 is 0 Å². The van der Waals surface area contributed by atoms with E-state index in [0.717, 1.165) is 17.4 Å². The Labute approximate surface area is 220 Å². The summed E-state index contributed by atoms with van der Waals surface area (Å²) in [6.45, 7) is 2.92. The maximum Gasteiger partial charge on any atom is 0.328 e. The number of aromatic nitrogens is 1. The Balaban J connectivity index is 1.36. The number of aliphatic hydroxyl groups is 1. The molecule has 0 saturated carbocycles. The maximum atomic E-state index is 13.8. The van der Waals surface area contributed by atoms with Gasteiger partial charge in [0.1, 0.15) is 6.17 Å². The van der Waals surface area contributed by atoms with Gasteiger partial charge in [-0.1, -0.05) is 24.0 Å². The first-order valence-electron chi connectivity index (χ1n) is 12.2. The number of amides is 2. The van der Waals surface area contributed by atoms with E-state index < -0.39 is 32.8 Å². The summed E-state index contributed by atoms with van der Waals surface area (Å²) >= 11 is 0. The zero-order valence-electron chi connectivity index (χ0n) is 21.2. The number of alkyl halides is 1. The van der Waals surface area contributed by atoms with Gasteiger partial charge in [0.05, 0.1) is 12.6 Å². The lowest BCUT2D eigenvalue weighted by Crippen LogP contribution is -2.50. The highest BCUT2D eigenvalue weighted by Crippen LogP contribution is 2.25. The van der Waals surface area contributed by atoms with Gasteiger partial charge in [0, 0.05) is 55.5 Å². The van der Waals surface area contributed by atoms with Crippen LogP contribution in [0.2, 0.25) is 0 Å². The predicted molar refractivity (Wildman–Crippen MR) is 137 cm³/mol. The molecule has 10 nitrogen and oxygen atoms in total. The molecule has 204 valence electrons. The summed E-state index contributed by atoms with van der Waals surface area (Å²) in [5, 5.41) is 18.5. The normalized spacial score (nSPS) is 21.4. The molecule has 3 N–H and O–H groups in total. The fourth-order valence-electron chi connectivity index (χ4n) is 4.60. The van der Waals surface area contributed by atoms with Crippen molar-refractivity contribution in [2.45, 2.75) is 49.9 Å². The molecule has 0 bridgehead atoms. The molecule has 2 aliphatic rings. The van der Waals surface area contributed by atoms with Crippen molar-refractivity contribution in [3.05, 3.63) is 58.9 Å². The van der Waals surface area contributed by atoms with Gasteiger partial charge < -0.3 is 10.0 Å². The Morgan fingerprint density at radius 3 is 2.53 bits per heavy atom. The third-order valence-electron chi connectivity index (χ3n) is 7.29. The van der Waals surface area contributed by atoms with E-state index in [1.807, 2.05) is 29.2 Å². The van der Waals surface area contributed by atoms with Gasteiger partial charge in [-0.25, -0.2) is 23.1 Å². The van der Waals surface area contributed by atoms with E-state index in [9.17, 15) is 27.5 Å². The Morgan fingerprint density at radius 1 is 1.24 bits per heavy atom. The van der Waals surface area contributed by atoms with Crippen molar-refractivity contribution in [1.29, 1.82) is 0 Å². The Bertz CT molecular complexity index is 1380. The number of carbonyl (C=O) groups is 2. The summed E-state index contributed by atoms with van der Waals surface area (Å²) in [5.74, 6) is 5.07. The number of piperidine rings is 1. The number of benzene rings is 1. The van der Waals surface area contributed by atoms with Gasteiger partial charge in [-0.15, -0.1) is 0 Å². The number of fused-ring (bicyclic) bond motifs is 1. The summed E-state index contributed by atoms with van der Waals surface area (Å²) in [4.78, 5) is 28.3. The fourth-order valence-corrected chi connectivity index (χ4v) is 5.44. The van der Waals surface area contributed by atoms with Crippen molar-refractivity contribution in [2.24, 2.45) is 0 Å². The van der Waals surface area contributed by atoms with Crippen LogP contribution in [0.3, 0.4) is 0 Å². The molecule has 38 heavy (non-hydrogen) atoms. The molecule has 4 rings (SSSR count). The summed E-state index contributed by atoms with van der Waals surface area (Å²) in [5.41, 5.74) is 4.56. The van der Waals surface area contributed by atoms with Crippen molar-refractivity contribution >= 4 is 21.8 Å². The molecule has 2 aromatic rings. The Kier molecular flexibility index (Phi) is 7.94. The zero-order valence-corrected chi connectivity index (χ0v) is 22.0. The summed E-state index contributed by atoms with van der Waals surface area (Å²) in [6, 6.07) is 9.07. The highest BCUT2D eigenvalue weighted by Gasteiger charge is 2.44. The number of sulfone groups is 1. The number of hydrogen-bond acceptors (Lipinski definition) is 7. The average Bonchev–Trinajstić information content (AvgIpc) is 3.41. The van der Waals surface area contributed by atoms with Crippen LogP contribution in [0.5, 0.6) is 0 Å². The maximum absolute atomic E-state index is 13.8. The number of carbonyl (C=O) groups excluding carboxylic acids is 2. The number of rotatable bonds is 7. The van der Waals surface area contributed by atoms with Crippen LogP contribution in [-0.4, -0.2) is 87.9 Å². The van der Waals surface area contributed by atoms with Gasteiger partial charge in [-0.3, -0.25) is 19.5 Å². The first-order valence-corrected chi connectivity index (χ1v) is 14.1. The highest BCUT2D eigenvalue weighted by atomic mass is 32.2. The van der Waals surface area contributed by atoms with Crippen LogP contribution in [-0.2, 0) is 27.7 Å². The summed E-state index contributed by atoms with van der Waals surface area (Å²) in [7, 11) is -3.86. The molecule has 2 aliphatic heterocycles. The van der Waals surface area contributed by atoms with E-state index in [4.69, 9.17) is 5.21 Å². The van der Waals surface area contributed by atoms with Gasteiger partial charge >= 0.3 is 6.03 Å². The topological polar surface area (TPSA) is 132 Å². The average molecular weight is 547 g/mol. The third-order valence-corrected chi connectivity index (χ3v) is 9.32. The molecule has 1 aromatic heterocycles. The van der Waals surface area contributed by atoms with Crippen molar-refractivity contribution in [2.75, 3.05) is 25.9 Å². The molecule has 1 saturated heterocycles. The van der Waals surface area contributed by atoms with E-state index in [0.29, 0.717) is 30.8 Å². The lowest BCUT2D eigenvalue weighted by atomic mass is 10.0. The Hall–Kier alpha value is -3.24. The van der Waals surface area contributed by atoms with Crippen molar-refractivity contribution in [1.82, 2.24) is 19.8 Å². The minimum absolute atomic E-state index is 0.00879. The summed E-state index contributed by atoms with van der Waals surface area (Å²) < 4.78 is 37.6. The van der Waals surface area contributed by atoms with Gasteiger partial charge in [0.15, 0.2) is 14.6 Å². The monoisotopic (exact) mass is 546 g/mol. The van der Waals surface area contributed by atoms with Crippen LogP contribution in [0, 0.1) is 11.8 Å². The smallest absolute Gasteiger partial charge is 0.328 e. The lowest BCUT2D eigenvalue weighted by molar-refractivity contribution is -0.131. The number of aliphatic hydroxyl groups excluding tert-OH is 1. The van der Waals surface area contributed by atoms with Crippen LogP contribution < -0.4 is 5.48 Å². The standard InChI is InChI=1S/C26H31FN4O6S/c1-26(24(33)28-35,38(2,36)37)10-12-30-16-21-13-20(15-31(21)25(30)34)8-5-18-3-6-19(7-4-18)14-29-11-9-23(32)22(27)17-29/h3-4,6-7,13,15,22-23,32,35H,9-12,14,16-17H2,1-2H3,(H,28,33)/t22-,23+,26-/m1/s1. The van der Waals surface area contributed by atoms with Crippen LogP contribution in [0.1, 0.15) is 42.1 Å². The number of likely N-dealkylation sites (tertiary alicyclic amines) is 1. The first-order chi connectivity index (χ1) is 17.9. The SMILES string of the molecule is C[C@@](CCN1Cc2cc(C#Cc3ccc(CN4CC[C@H](O)[C@H](F)C4)cc3)cn2C1=O)(C(=O)NO)S(C)(=O)=O. The molecule has 3 heterocycles. The molecular weight excluding hydrogens is 515 g/mol. The second-order valence-corrected chi connectivity index (χ2v) is 12.5. The van der Waals surface area contributed by atoms with E-state index in [2.05, 4.69) is 11.8 Å². The second-order valence-electron chi connectivity index (χ2n) is 10.0. The number of hydroxylamine groups is 1. The lowest BCUT2D eigenvalue weighted by Gasteiger charge is -2.32. The minimum atomic E-state index is -3.86. The molecule has 1 fully saturated rings. The molecule has 0 radical (unpaired) electrons. The first kappa shape index (κ1) is 27.8. The summed E-state index contributed by atoms with van der Waals surface area (Å²) in [6.07, 6.45) is 0.676. The van der Waals surface area contributed by atoms with Crippen LogP contribution >= 0.6 is 0 Å². The van der Waals surface area contributed by atoms with Gasteiger partial charge in [-0.05, 0) is 43.5 Å². The van der Waals surface area contributed by atoms with Crippen LogP contribution in [0.4, 0.5) is 9.18 Å². The largest absolute Gasteiger partial charge is 0.390 e. The zero-order chi connectivity index (χ0) is 27.7. The number of halogens is 1. The third kappa shape index (κ3) is 5.76. The Morgan fingerprint density at radius 2 is 1.92 bits per heavy atom. The molecular formula is C26H31FN4O6S. The quantitative estimate of drug-likeness (QED) is 0.271. The molecule has 12 heteroatoms. The van der Waals surface area contributed by atoms with Gasteiger partial charge in [-0.2, -0.15) is 0 Å². The highest BCUT2D eigenvalue weighted by molar-refractivity contribution is 7.92. The van der Waals surface area contributed by atoms with Crippen molar-refractivity contribution in [3.8, 4) is 11.8 Å². The minimum Gasteiger partial charge on any atom is -0.390 e. The second kappa shape index (κ2) is 10.9. The van der Waals surface area contributed by atoms with Crippen LogP contribution in [0.25, 0.3) is 0 Å². The predicted octanol–water partition coefficient (Wildman–Crippen LogP) is 1.28. The van der Waals surface area contributed by atoms with Crippen molar-refractivity contribution < 1.29 is 32.7 Å². The van der Waals surface area contributed by atoms with Crippen molar-refractivity contribution in [3.63, 3.8) is 0 Å². The number of hydrogen-bond donors (Lipinski definition) is 3. The molecule has 0 unspecified atom stereocenters. The van der Waals surface area contributed by atoms with E-state index in [1.54, 1.807) is 12.3 Å². The van der Waals surface area contributed by atoms with E-state index in [-0.39, 0.29) is 32.1 Å². The number of nitrogens with zero attached hydrogens (tertiary/aromatic N) is 3. The molecule has 0 aliphatic carbocycles. The molecule has 1 aromatic carbocycles. The number of nitrogens with one attached hydrogen (secondary N) is 1. The van der Waals surface area contributed by atoms with Crippen LogP contribution in [0.15, 0.2) is 36.5 Å². The fraction of sp³-hybridized carbons (Fsp3) is 0.462. The van der Waals surface area contributed by atoms with Gasteiger partial charge in [0.25, 0.3) is 5.91 Å². The molecule has 0 spiro atoms. The van der Waals surface area contributed by atoms with Gasteiger partial charge in [0.2, 0.25) is 0 Å².